The highest BCUT2D eigenvalue weighted by molar-refractivity contribution is 7.53. The average Bonchev–Trinajstić information content (AvgIpc) is 2.89. The molecule has 1 N–H and O–H groups in total. The largest absolute Gasteiger partial charge is 0.481 e. The fourth-order valence-electron chi connectivity index (χ4n) is 2.00. The molecule has 0 amide bonds. The molecular formula is C15H21O5PS. The van der Waals surface area contributed by atoms with E-state index >= 15 is 0 Å². The lowest BCUT2D eigenvalue weighted by molar-refractivity contribution is 0.197. The van der Waals surface area contributed by atoms with Crippen molar-refractivity contribution in [3.05, 3.63) is 29.1 Å². The summed E-state index contributed by atoms with van der Waals surface area (Å²) in [5.74, 6) is 0.599. The smallest absolute Gasteiger partial charge is 0.367 e. The normalized spacial score (nSPS) is 13.5. The van der Waals surface area contributed by atoms with Gasteiger partial charge in [-0.25, -0.2) is 0 Å². The minimum Gasteiger partial charge on any atom is -0.481 e. The maximum Gasteiger partial charge on any atom is 0.367 e. The van der Waals surface area contributed by atoms with Crippen molar-refractivity contribution in [1.29, 1.82) is 0 Å². The highest BCUT2D eigenvalue weighted by Crippen LogP contribution is 2.48. The van der Waals surface area contributed by atoms with E-state index in [-0.39, 0.29) is 6.35 Å². The molecule has 0 bridgehead atoms. The van der Waals surface area contributed by atoms with Crippen molar-refractivity contribution in [1.82, 2.24) is 0 Å². The Kier molecular flexibility index (Phi) is 6.01. The number of thiophene rings is 1. The van der Waals surface area contributed by atoms with Gasteiger partial charge in [-0.2, -0.15) is 0 Å². The number of hydrogen-bond donors (Lipinski definition) is 1. The van der Waals surface area contributed by atoms with Crippen LogP contribution in [0.2, 0.25) is 0 Å². The van der Waals surface area contributed by atoms with Crippen LogP contribution in [0.15, 0.2) is 24.3 Å². The van der Waals surface area contributed by atoms with Crippen molar-refractivity contribution < 1.29 is 23.5 Å². The van der Waals surface area contributed by atoms with Gasteiger partial charge in [0, 0.05) is 9.58 Å². The molecule has 0 aliphatic rings. The van der Waals surface area contributed by atoms with Crippen LogP contribution in [0, 0.1) is 0 Å². The lowest BCUT2D eigenvalue weighted by Crippen LogP contribution is -2.05. The Morgan fingerprint density at radius 1 is 1.23 bits per heavy atom. The number of aliphatic hydroxyl groups is 1. The Hall–Kier alpha value is -0.910. The Labute approximate surface area is 134 Å². The molecule has 22 heavy (non-hydrogen) atoms. The summed E-state index contributed by atoms with van der Waals surface area (Å²) >= 11 is 1.54. The molecule has 0 radical (unpaired) electrons. The maximum atomic E-state index is 12.3. The quantitative estimate of drug-likeness (QED) is 0.711. The summed E-state index contributed by atoms with van der Waals surface area (Å²) in [7, 11) is -3.22. The third-order valence-corrected chi connectivity index (χ3v) is 5.99. The first kappa shape index (κ1) is 17.4. The fraction of sp³-hybridized carbons (Fsp3) is 0.467. The zero-order valence-electron chi connectivity index (χ0n) is 12.9. The van der Waals surface area contributed by atoms with E-state index in [4.69, 9.17) is 13.8 Å². The summed E-state index contributed by atoms with van der Waals surface area (Å²) in [4.78, 5) is 0.904. The van der Waals surface area contributed by atoms with E-state index < -0.39 is 13.7 Å². The predicted molar refractivity (Wildman–Crippen MR) is 88.8 cm³/mol. The van der Waals surface area contributed by atoms with Crippen molar-refractivity contribution >= 4 is 29.0 Å². The van der Waals surface area contributed by atoms with Crippen LogP contribution in [-0.2, 0) is 13.6 Å². The number of ether oxygens (including phenoxy) is 1. The highest BCUT2D eigenvalue weighted by Gasteiger charge is 2.24. The minimum absolute atomic E-state index is 0.117. The van der Waals surface area contributed by atoms with Crippen molar-refractivity contribution in [3.63, 3.8) is 0 Å². The monoisotopic (exact) mass is 344 g/mol. The van der Waals surface area contributed by atoms with Crippen LogP contribution in [0.1, 0.15) is 31.8 Å². The number of aliphatic hydroxyl groups excluding tert-OH is 1. The Morgan fingerprint density at radius 3 is 2.50 bits per heavy atom. The van der Waals surface area contributed by atoms with E-state index in [1.54, 1.807) is 32.1 Å². The molecule has 1 atom stereocenters. The summed E-state index contributed by atoms with van der Waals surface area (Å²) in [6.45, 7) is 5.88. The van der Waals surface area contributed by atoms with E-state index in [1.807, 2.05) is 24.3 Å². The molecule has 0 saturated carbocycles. The average molecular weight is 344 g/mol. The van der Waals surface area contributed by atoms with E-state index in [2.05, 4.69) is 0 Å². The molecule has 0 fully saturated rings. The molecule has 1 aromatic carbocycles. The lowest BCUT2D eigenvalue weighted by Gasteiger charge is -2.17. The van der Waals surface area contributed by atoms with Crippen LogP contribution in [-0.4, -0.2) is 24.7 Å². The molecule has 2 aromatic rings. The predicted octanol–water partition coefficient (Wildman–Crippen LogP) is 4.56. The molecule has 0 aliphatic heterocycles. The summed E-state index contributed by atoms with van der Waals surface area (Å²) in [6, 6.07) is 7.53. The van der Waals surface area contributed by atoms with Crippen LogP contribution in [0.3, 0.4) is 0 Å². The van der Waals surface area contributed by atoms with Crippen molar-refractivity contribution in [2.45, 2.75) is 26.9 Å². The first-order valence-electron chi connectivity index (χ1n) is 7.20. The van der Waals surface area contributed by atoms with E-state index in [1.165, 1.54) is 0 Å². The first-order valence-corrected chi connectivity index (χ1v) is 9.74. The third kappa shape index (κ3) is 4.31. The molecule has 122 valence electrons. The van der Waals surface area contributed by atoms with Gasteiger partial charge in [0.15, 0.2) is 6.35 Å². The van der Waals surface area contributed by atoms with Crippen molar-refractivity contribution in [3.8, 4) is 5.75 Å². The zero-order valence-corrected chi connectivity index (χ0v) is 14.7. The van der Waals surface area contributed by atoms with Crippen LogP contribution in [0.25, 0.3) is 10.1 Å². The number of rotatable bonds is 8. The summed E-state index contributed by atoms with van der Waals surface area (Å²) in [5, 5.41) is 10.6. The number of fused-ring (bicyclic) bond motifs is 1. The molecule has 0 spiro atoms. The number of hydrogen-bond acceptors (Lipinski definition) is 6. The molecule has 1 heterocycles. The molecule has 1 aromatic heterocycles. The summed E-state index contributed by atoms with van der Waals surface area (Å²) in [5.41, 5.74) is 0. The number of benzene rings is 1. The fourth-order valence-corrected chi connectivity index (χ4v) is 4.30. The van der Waals surface area contributed by atoms with Gasteiger partial charge in [0.25, 0.3) is 0 Å². The van der Waals surface area contributed by atoms with Gasteiger partial charge in [0.2, 0.25) is 0 Å². The van der Waals surface area contributed by atoms with Gasteiger partial charge in [0.05, 0.1) is 19.3 Å². The third-order valence-electron chi connectivity index (χ3n) is 2.96. The van der Waals surface area contributed by atoms with Gasteiger partial charge >= 0.3 is 7.60 Å². The van der Waals surface area contributed by atoms with Gasteiger partial charge in [-0.1, -0.05) is 0 Å². The molecule has 1 unspecified atom stereocenters. The Morgan fingerprint density at radius 2 is 1.91 bits per heavy atom. The van der Waals surface area contributed by atoms with Gasteiger partial charge in [0.1, 0.15) is 5.75 Å². The maximum absolute atomic E-state index is 12.3. The highest BCUT2D eigenvalue weighted by atomic mass is 32.1. The van der Waals surface area contributed by atoms with E-state index in [0.717, 1.165) is 15.0 Å². The zero-order chi connectivity index (χ0) is 16.2. The second-order valence-electron chi connectivity index (χ2n) is 4.74. The Balaban J connectivity index is 2.12. The van der Waals surface area contributed by atoms with Crippen LogP contribution in [0.5, 0.6) is 5.75 Å². The topological polar surface area (TPSA) is 65.0 Å². The summed E-state index contributed by atoms with van der Waals surface area (Å²) < 4.78 is 29.4. The van der Waals surface area contributed by atoms with Crippen molar-refractivity contribution in [2.75, 3.05) is 19.6 Å². The second-order valence-corrected chi connectivity index (χ2v) is 7.86. The molecule has 2 rings (SSSR count). The van der Waals surface area contributed by atoms with Crippen LogP contribution < -0.4 is 4.74 Å². The second kappa shape index (κ2) is 7.57. The van der Waals surface area contributed by atoms with Gasteiger partial charge in [-0.15, -0.1) is 11.3 Å². The van der Waals surface area contributed by atoms with E-state index in [9.17, 15) is 9.67 Å². The van der Waals surface area contributed by atoms with Crippen molar-refractivity contribution in [2.24, 2.45) is 0 Å². The summed E-state index contributed by atoms with van der Waals surface area (Å²) in [6.07, 6.45) is -0.606. The first-order chi connectivity index (χ1) is 10.5. The van der Waals surface area contributed by atoms with Gasteiger partial charge in [-0.05, 0) is 50.4 Å². The van der Waals surface area contributed by atoms with Gasteiger partial charge < -0.3 is 18.9 Å². The molecular weight excluding hydrogens is 323 g/mol. The lowest BCUT2D eigenvalue weighted by atomic mass is 10.2. The molecule has 5 nitrogen and oxygen atoms in total. The molecule has 0 saturated heterocycles. The SMILES string of the molecule is CCOP(=O)(COc1ccc2sc(C(C)O)cc2c1)OCC. The molecule has 0 aliphatic carbocycles. The van der Waals surface area contributed by atoms with E-state index in [0.29, 0.717) is 19.0 Å². The molecule has 7 heteroatoms. The standard InChI is InChI=1S/C15H21O5PS/c1-4-19-21(17,20-5-2)10-18-13-6-7-14-12(8-13)9-15(22-14)11(3)16/h6-9,11,16H,4-5,10H2,1-3H3. The minimum atomic E-state index is -3.22. The van der Waals surface area contributed by atoms with Gasteiger partial charge in [-0.3, -0.25) is 4.57 Å². The van der Waals surface area contributed by atoms with Crippen LogP contribution in [0.4, 0.5) is 0 Å². The van der Waals surface area contributed by atoms with Crippen LogP contribution >= 0.6 is 18.9 Å². The Bertz CT molecular complexity index is 657.